The van der Waals surface area contributed by atoms with E-state index in [9.17, 15) is 0 Å². The van der Waals surface area contributed by atoms with Crippen LogP contribution >= 0.6 is 0 Å². The molecule has 9 nitrogen and oxygen atoms in total. The molecule has 0 aromatic carbocycles. The van der Waals surface area contributed by atoms with Crippen LogP contribution in [-0.2, 0) is 13.5 Å². The lowest BCUT2D eigenvalue weighted by atomic mass is 10.2. The normalized spacial score (nSPS) is 10.7. The van der Waals surface area contributed by atoms with Crippen molar-refractivity contribution in [1.82, 2.24) is 34.5 Å². The van der Waals surface area contributed by atoms with E-state index in [4.69, 9.17) is 5.73 Å². The summed E-state index contributed by atoms with van der Waals surface area (Å²) in [6, 6.07) is 1.79. The van der Waals surface area contributed by atoms with Crippen LogP contribution < -0.4 is 11.1 Å². The SMILES string of the molecule is Cn1cc(CCNc2nc(N)nc(-n3cccn3)n2)cn1. The van der Waals surface area contributed by atoms with Gasteiger partial charge >= 0.3 is 0 Å². The topological polar surface area (TPSA) is 112 Å². The van der Waals surface area contributed by atoms with E-state index in [-0.39, 0.29) is 5.95 Å². The molecule has 0 aliphatic rings. The van der Waals surface area contributed by atoms with Crippen LogP contribution in [0.15, 0.2) is 30.9 Å². The Morgan fingerprint density at radius 1 is 1.24 bits per heavy atom. The van der Waals surface area contributed by atoms with Gasteiger partial charge in [0.15, 0.2) is 0 Å². The van der Waals surface area contributed by atoms with Crippen LogP contribution in [0.2, 0.25) is 0 Å². The molecule has 0 saturated carbocycles. The second-order valence-corrected chi connectivity index (χ2v) is 4.47. The fraction of sp³-hybridized carbons (Fsp3) is 0.250. The second kappa shape index (κ2) is 5.57. The van der Waals surface area contributed by atoms with Crippen molar-refractivity contribution >= 4 is 11.9 Å². The van der Waals surface area contributed by atoms with Crippen LogP contribution in [0.5, 0.6) is 0 Å². The van der Waals surface area contributed by atoms with Gasteiger partial charge in [0.2, 0.25) is 11.9 Å². The molecule has 0 spiro atoms. The number of aryl methyl sites for hydroxylation is 1. The van der Waals surface area contributed by atoms with E-state index in [0.717, 1.165) is 12.0 Å². The summed E-state index contributed by atoms with van der Waals surface area (Å²) in [5.74, 6) is 0.965. The van der Waals surface area contributed by atoms with Crippen molar-refractivity contribution in [3.8, 4) is 5.95 Å². The molecule has 3 heterocycles. The van der Waals surface area contributed by atoms with E-state index in [2.05, 4.69) is 30.5 Å². The van der Waals surface area contributed by atoms with Crippen LogP contribution in [0, 0.1) is 0 Å². The maximum atomic E-state index is 5.70. The summed E-state index contributed by atoms with van der Waals surface area (Å²) < 4.78 is 3.30. The van der Waals surface area contributed by atoms with Crippen molar-refractivity contribution < 1.29 is 0 Å². The first-order valence-corrected chi connectivity index (χ1v) is 6.44. The average molecular weight is 285 g/mol. The Bertz CT molecular complexity index is 716. The zero-order valence-corrected chi connectivity index (χ0v) is 11.5. The van der Waals surface area contributed by atoms with Crippen molar-refractivity contribution in [2.75, 3.05) is 17.6 Å². The first-order chi connectivity index (χ1) is 10.2. The van der Waals surface area contributed by atoms with Gasteiger partial charge in [-0.1, -0.05) is 0 Å². The Balaban J connectivity index is 1.68. The van der Waals surface area contributed by atoms with Crippen LogP contribution in [-0.4, -0.2) is 41.1 Å². The summed E-state index contributed by atoms with van der Waals surface area (Å²) in [5, 5.41) is 11.3. The van der Waals surface area contributed by atoms with Crippen LogP contribution in [0.4, 0.5) is 11.9 Å². The number of nitrogens with zero attached hydrogens (tertiary/aromatic N) is 7. The molecule has 0 saturated heterocycles. The van der Waals surface area contributed by atoms with E-state index in [0.29, 0.717) is 18.4 Å². The predicted molar refractivity (Wildman–Crippen MR) is 76.8 cm³/mol. The molecule has 9 heteroatoms. The molecule has 3 rings (SSSR count). The van der Waals surface area contributed by atoms with Gasteiger partial charge in [-0.15, -0.1) is 0 Å². The first-order valence-electron chi connectivity index (χ1n) is 6.44. The molecule has 3 aromatic heterocycles. The highest BCUT2D eigenvalue weighted by molar-refractivity contribution is 5.34. The number of nitrogen functional groups attached to an aromatic ring is 1. The summed E-state index contributed by atoms with van der Waals surface area (Å²) in [5.41, 5.74) is 6.83. The third-order valence-corrected chi connectivity index (χ3v) is 2.81. The fourth-order valence-electron chi connectivity index (χ4n) is 1.87. The molecule has 0 bridgehead atoms. The van der Waals surface area contributed by atoms with E-state index in [1.54, 1.807) is 23.1 Å². The highest BCUT2D eigenvalue weighted by atomic mass is 15.4. The smallest absolute Gasteiger partial charge is 0.257 e. The van der Waals surface area contributed by atoms with Gasteiger partial charge in [-0.25, -0.2) is 4.68 Å². The van der Waals surface area contributed by atoms with E-state index in [1.807, 2.05) is 19.4 Å². The zero-order chi connectivity index (χ0) is 14.7. The molecular formula is C12H15N9. The molecule has 21 heavy (non-hydrogen) atoms. The number of hydrogen-bond acceptors (Lipinski definition) is 7. The van der Waals surface area contributed by atoms with E-state index >= 15 is 0 Å². The van der Waals surface area contributed by atoms with Crippen molar-refractivity contribution in [2.45, 2.75) is 6.42 Å². The number of rotatable bonds is 5. The molecule has 0 atom stereocenters. The summed E-state index contributed by atoms with van der Waals surface area (Å²) in [4.78, 5) is 12.4. The minimum atomic E-state index is 0.152. The molecule has 0 aliphatic heterocycles. The van der Waals surface area contributed by atoms with Crippen molar-refractivity contribution in [2.24, 2.45) is 7.05 Å². The maximum absolute atomic E-state index is 5.70. The average Bonchev–Trinajstić information content (AvgIpc) is 3.10. The van der Waals surface area contributed by atoms with Gasteiger partial charge in [-0.05, 0) is 18.1 Å². The van der Waals surface area contributed by atoms with Crippen LogP contribution in [0.3, 0.4) is 0 Å². The van der Waals surface area contributed by atoms with Gasteiger partial charge in [0.1, 0.15) is 0 Å². The molecule has 3 aromatic rings. The molecular weight excluding hydrogens is 270 g/mol. The van der Waals surface area contributed by atoms with Crippen molar-refractivity contribution in [3.05, 3.63) is 36.4 Å². The minimum absolute atomic E-state index is 0.152. The monoisotopic (exact) mass is 285 g/mol. The van der Waals surface area contributed by atoms with Gasteiger partial charge in [0, 0.05) is 32.2 Å². The first kappa shape index (κ1) is 13.0. The van der Waals surface area contributed by atoms with Crippen LogP contribution in [0.25, 0.3) is 5.95 Å². The maximum Gasteiger partial charge on any atom is 0.257 e. The van der Waals surface area contributed by atoms with Crippen molar-refractivity contribution in [1.29, 1.82) is 0 Å². The number of aromatic nitrogens is 7. The van der Waals surface area contributed by atoms with Gasteiger partial charge in [-0.3, -0.25) is 4.68 Å². The molecule has 108 valence electrons. The minimum Gasteiger partial charge on any atom is -0.368 e. The lowest BCUT2D eigenvalue weighted by Crippen LogP contribution is -2.13. The Morgan fingerprint density at radius 2 is 2.14 bits per heavy atom. The Labute approximate surface area is 120 Å². The highest BCUT2D eigenvalue weighted by Crippen LogP contribution is 2.06. The summed E-state index contributed by atoms with van der Waals surface area (Å²) >= 11 is 0. The highest BCUT2D eigenvalue weighted by Gasteiger charge is 2.06. The number of hydrogen-bond donors (Lipinski definition) is 2. The Hall–Kier alpha value is -2.97. The lowest BCUT2D eigenvalue weighted by molar-refractivity contribution is 0.766. The molecule has 0 unspecified atom stereocenters. The number of nitrogens with one attached hydrogen (secondary N) is 1. The third kappa shape index (κ3) is 3.14. The standard InChI is InChI=1S/C12H15N9/c1-20-8-9(7-16-20)3-5-14-11-17-10(13)18-12(19-11)21-6-2-4-15-21/h2,4,6-8H,3,5H2,1H3,(H3,13,14,17,18,19). The molecule has 0 radical (unpaired) electrons. The second-order valence-electron chi connectivity index (χ2n) is 4.47. The molecule has 0 fully saturated rings. The molecule has 0 amide bonds. The fourth-order valence-corrected chi connectivity index (χ4v) is 1.87. The predicted octanol–water partition coefficient (Wildman–Crippen LogP) is 0.0276. The molecule has 0 aliphatic carbocycles. The quantitative estimate of drug-likeness (QED) is 0.680. The Kier molecular flexibility index (Phi) is 3.46. The van der Waals surface area contributed by atoms with E-state index < -0.39 is 0 Å². The lowest BCUT2D eigenvalue weighted by Gasteiger charge is -2.06. The van der Waals surface area contributed by atoms with Gasteiger partial charge < -0.3 is 11.1 Å². The largest absolute Gasteiger partial charge is 0.368 e. The third-order valence-electron chi connectivity index (χ3n) is 2.81. The zero-order valence-electron chi connectivity index (χ0n) is 11.5. The summed E-state index contributed by atoms with van der Waals surface area (Å²) in [6.45, 7) is 0.674. The van der Waals surface area contributed by atoms with Crippen LogP contribution in [0.1, 0.15) is 5.56 Å². The van der Waals surface area contributed by atoms with Gasteiger partial charge in [0.25, 0.3) is 5.95 Å². The van der Waals surface area contributed by atoms with Crippen molar-refractivity contribution in [3.63, 3.8) is 0 Å². The summed E-state index contributed by atoms with van der Waals surface area (Å²) in [7, 11) is 1.89. The Morgan fingerprint density at radius 3 is 2.86 bits per heavy atom. The number of anilines is 2. The van der Waals surface area contributed by atoms with Gasteiger partial charge in [0.05, 0.1) is 6.20 Å². The number of nitrogens with two attached hydrogens (primary N) is 1. The molecule has 3 N–H and O–H groups in total. The van der Waals surface area contributed by atoms with Gasteiger partial charge in [-0.2, -0.15) is 25.1 Å². The van der Waals surface area contributed by atoms with E-state index in [1.165, 1.54) is 4.68 Å². The summed E-state index contributed by atoms with van der Waals surface area (Å²) in [6.07, 6.45) is 8.01.